The molecule has 1 amide bonds. The molecule has 3 aliphatic heterocycles. The molecule has 3 heterocycles. The fourth-order valence-electron chi connectivity index (χ4n) is 4.36. The first-order valence-electron chi connectivity index (χ1n) is 11.6. The topological polar surface area (TPSA) is 278 Å². The van der Waals surface area contributed by atoms with Gasteiger partial charge in [-0.1, -0.05) is 0 Å². The summed E-state index contributed by atoms with van der Waals surface area (Å²) >= 11 is 0. The van der Waals surface area contributed by atoms with Gasteiger partial charge in [-0.15, -0.1) is 0 Å². The molecule has 0 spiro atoms. The number of nitrogens with one attached hydrogen (secondary N) is 1. The summed E-state index contributed by atoms with van der Waals surface area (Å²) in [6.07, 6.45) is -23.0. The number of carbonyl (C=O) groups is 1. The quantitative estimate of drug-likeness (QED) is 0.135. The van der Waals surface area contributed by atoms with Crippen LogP contribution in [-0.2, 0) is 28.5 Å². The lowest BCUT2D eigenvalue weighted by Gasteiger charge is -2.46. The third-order valence-corrected chi connectivity index (χ3v) is 6.47. The summed E-state index contributed by atoms with van der Waals surface area (Å²) < 4.78 is 26.9. The standard InChI is InChI=1S/C20H35NO16/c1-5(24)21-9-12(27)10(25)6(2-22)35-19(9)33-4-8-11(26)13(28)16(31)20(36-8)37-17-7(3-23)34-18(32)15(30)14(17)29/h6-20,22-23,25-32H,2-4H2,1H3,(H,21,24)/t6-,7-,8-,9-,10-,11+,12-,13+,14-,15-,16-,17-,18-,19-,20+/m1/s1. The van der Waals surface area contributed by atoms with Gasteiger partial charge in [0, 0.05) is 6.92 Å². The largest absolute Gasteiger partial charge is 0.394 e. The first-order chi connectivity index (χ1) is 17.4. The first-order valence-corrected chi connectivity index (χ1v) is 11.6. The molecule has 0 unspecified atom stereocenters. The van der Waals surface area contributed by atoms with Crippen molar-refractivity contribution in [3.63, 3.8) is 0 Å². The summed E-state index contributed by atoms with van der Waals surface area (Å²) in [6.45, 7) is -0.926. The van der Waals surface area contributed by atoms with Crippen molar-refractivity contribution in [2.75, 3.05) is 19.8 Å². The number of amides is 1. The van der Waals surface area contributed by atoms with Crippen LogP contribution in [0.1, 0.15) is 6.92 Å². The third-order valence-electron chi connectivity index (χ3n) is 6.47. The monoisotopic (exact) mass is 545 g/mol. The zero-order valence-electron chi connectivity index (χ0n) is 19.7. The lowest BCUT2D eigenvalue weighted by Crippen LogP contribution is -2.66. The lowest BCUT2D eigenvalue weighted by molar-refractivity contribution is -0.360. The second-order valence-electron chi connectivity index (χ2n) is 9.11. The van der Waals surface area contributed by atoms with E-state index < -0.39 is 118 Å². The predicted octanol–water partition coefficient (Wildman–Crippen LogP) is -7.43. The van der Waals surface area contributed by atoms with Crippen molar-refractivity contribution in [3.05, 3.63) is 0 Å². The molecular formula is C20H35NO16. The molecule has 0 bridgehead atoms. The van der Waals surface area contributed by atoms with Gasteiger partial charge in [-0.2, -0.15) is 0 Å². The van der Waals surface area contributed by atoms with Crippen molar-refractivity contribution in [2.45, 2.75) is 99.0 Å². The second kappa shape index (κ2) is 12.8. The number of hydrogen-bond acceptors (Lipinski definition) is 16. The van der Waals surface area contributed by atoms with Gasteiger partial charge in [-0.25, -0.2) is 0 Å². The zero-order chi connectivity index (χ0) is 27.6. The Labute approximate surface area is 210 Å². The number of ether oxygens (including phenoxy) is 5. The Morgan fingerprint density at radius 2 is 1.30 bits per heavy atom. The molecule has 3 fully saturated rings. The summed E-state index contributed by atoms with van der Waals surface area (Å²) in [6, 6.07) is -1.30. The fraction of sp³-hybridized carbons (Fsp3) is 0.950. The summed E-state index contributed by atoms with van der Waals surface area (Å²) in [7, 11) is 0. The van der Waals surface area contributed by atoms with E-state index in [-0.39, 0.29) is 0 Å². The highest BCUT2D eigenvalue weighted by Gasteiger charge is 2.51. The Bertz CT molecular complexity index is 745. The van der Waals surface area contributed by atoms with Gasteiger partial charge in [-0.05, 0) is 0 Å². The van der Waals surface area contributed by atoms with E-state index in [4.69, 9.17) is 23.7 Å². The van der Waals surface area contributed by atoms with Crippen molar-refractivity contribution in [1.29, 1.82) is 0 Å². The fourth-order valence-corrected chi connectivity index (χ4v) is 4.36. The van der Waals surface area contributed by atoms with Gasteiger partial charge in [0.1, 0.15) is 73.2 Å². The Kier molecular flexibility index (Phi) is 10.5. The Hall–Kier alpha value is -1.13. The number of hydrogen-bond donors (Lipinski definition) is 11. The van der Waals surface area contributed by atoms with Crippen LogP contribution in [-0.4, -0.2) is 169 Å². The van der Waals surface area contributed by atoms with Crippen LogP contribution in [0.15, 0.2) is 0 Å². The molecule has 0 aromatic heterocycles. The summed E-state index contributed by atoms with van der Waals surface area (Å²) in [5.74, 6) is -0.601. The molecule has 0 aromatic rings. The zero-order valence-corrected chi connectivity index (χ0v) is 19.7. The Balaban J connectivity index is 1.71. The molecular weight excluding hydrogens is 510 g/mol. The average Bonchev–Trinajstić information content (AvgIpc) is 2.86. The molecule has 3 saturated heterocycles. The Morgan fingerprint density at radius 1 is 0.703 bits per heavy atom. The average molecular weight is 545 g/mol. The molecule has 15 atom stereocenters. The van der Waals surface area contributed by atoms with Crippen LogP contribution in [0, 0.1) is 0 Å². The maximum atomic E-state index is 11.6. The van der Waals surface area contributed by atoms with Crippen LogP contribution in [0.2, 0.25) is 0 Å². The minimum atomic E-state index is -1.88. The van der Waals surface area contributed by atoms with E-state index in [9.17, 15) is 55.9 Å². The third kappa shape index (κ3) is 6.55. The van der Waals surface area contributed by atoms with E-state index in [0.717, 1.165) is 6.92 Å². The van der Waals surface area contributed by atoms with Crippen molar-refractivity contribution in [3.8, 4) is 0 Å². The minimum Gasteiger partial charge on any atom is -0.394 e. The molecule has 216 valence electrons. The van der Waals surface area contributed by atoms with Crippen LogP contribution in [0.25, 0.3) is 0 Å². The van der Waals surface area contributed by atoms with Crippen LogP contribution in [0.5, 0.6) is 0 Å². The summed E-state index contributed by atoms with van der Waals surface area (Å²) in [5, 5.41) is 103. The molecule has 3 rings (SSSR count). The normalized spacial score (nSPS) is 49.0. The SMILES string of the molecule is CC(=O)N[C@H]1[C@H](OC[C@H]2O[C@@H](O[C@H]3[C@H](O)[C@@H](O)[C@H](O)O[C@@H]3CO)[C@H](O)[C@@H](O)[C@H]2O)O[C@H](CO)[C@@H](O)[C@@H]1O. The summed E-state index contributed by atoms with van der Waals surface area (Å²) in [4.78, 5) is 11.6. The lowest BCUT2D eigenvalue weighted by atomic mass is 9.96. The number of carbonyl (C=O) groups excluding carboxylic acids is 1. The van der Waals surface area contributed by atoms with Gasteiger partial charge < -0.3 is 80.1 Å². The van der Waals surface area contributed by atoms with Crippen molar-refractivity contribution in [2.24, 2.45) is 0 Å². The van der Waals surface area contributed by atoms with Crippen LogP contribution in [0.3, 0.4) is 0 Å². The maximum Gasteiger partial charge on any atom is 0.217 e. The van der Waals surface area contributed by atoms with Crippen molar-refractivity contribution < 1.29 is 79.5 Å². The number of aliphatic hydroxyl groups is 10. The molecule has 0 aromatic carbocycles. The summed E-state index contributed by atoms with van der Waals surface area (Å²) in [5.41, 5.74) is 0. The van der Waals surface area contributed by atoms with Crippen molar-refractivity contribution in [1.82, 2.24) is 5.32 Å². The van der Waals surface area contributed by atoms with Gasteiger partial charge in [0.25, 0.3) is 0 Å². The maximum absolute atomic E-state index is 11.6. The second-order valence-corrected chi connectivity index (χ2v) is 9.11. The highest BCUT2D eigenvalue weighted by molar-refractivity contribution is 5.73. The molecule has 0 radical (unpaired) electrons. The van der Waals surface area contributed by atoms with Crippen LogP contribution >= 0.6 is 0 Å². The van der Waals surface area contributed by atoms with E-state index in [1.165, 1.54) is 0 Å². The van der Waals surface area contributed by atoms with E-state index in [2.05, 4.69) is 5.32 Å². The van der Waals surface area contributed by atoms with E-state index in [1.807, 2.05) is 0 Å². The molecule has 37 heavy (non-hydrogen) atoms. The molecule has 0 saturated carbocycles. The minimum absolute atomic E-state index is 0.596. The van der Waals surface area contributed by atoms with Crippen LogP contribution < -0.4 is 5.32 Å². The molecule has 3 aliphatic rings. The highest BCUT2D eigenvalue weighted by atomic mass is 16.7. The molecule has 17 nitrogen and oxygen atoms in total. The van der Waals surface area contributed by atoms with E-state index in [0.29, 0.717) is 0 Å². The van der Waals surface area contributed by atoms with Gasteiger partial charge in [0.2, 0.25) is 5.91 Å². The molecule has 17 heteroatoms. The highest BCUT2D eigenvalue weighted by Crippen LogP contribution is 2.30. The molecule has 0 aliphatic carbocycles. The smallest absolute Gasteiger partial charge is 0.217 e. The van der Waals surface area contributed by atoms with Gasteiger partial charge in [-0.3, -0.25) is 4.79 Å². The van der Waals surface area contributed by atoms with E-state index >= 15 is 0 Å². The predicted molar refractivity (Wildman–Crippen MR) is 113 cm³/mol. The van der Waals surface area contributed by atoms with Crippen molar-refractivity contribution >= 4 is 5.91 Å². The first kappa shape index (κ1) is 30.4. The number of aliphatic hydroxyl groups excluding tert-OH is 10. The Morgan fingerprint density at radius 3 is 1.89 bits per heavy atom. The van der Waals surface area contributed by atoms with Gasteiger partial charge in [0.05, 0.1) is 19.8 Å². The van der Waals surface area contributed by atoms with E-state index in [1.54, 1.807) is 0 Å². The van der Waals surface area contributed by atoms with Crippen LogP contribution in [0.4, 0.5) is 0 Å². The van der Waals surface area contributed by atoms with Gasteiger partial charge in [0.15, 0.2) is 18.9 Å². The number of rotatable bonds is 8. The van der Waals surface area contributed by atoms with Gasteiger partial charge >= 0.3 is 0 Å². The molecule has 11 N–H and O–H groups in total.